The van der Waals surface area contributed by atoms with Crippen molar-refractivity contribution in [3.05, 3.63) is 64.2 Å². The molecule has 4 rings (SSSR count). The molecule has 0 saturated carbocycles. The SMILES string of the molecule is CNC(=O)c1ccc2c(c1)CCN([C@H](C)c1ccc3scnc3c1)CC2. The fourth-order valence-corrected chi connectivity index (χ4v) is 4.42. The van der Waals surface area contributed by atoms with Gasteiger partial charge in [-0.2, -0.15) is 0 Å². The second kappa shape index (κ2) is 7.17. The first kappa shape index (κ1) is 17.2. The van der Waals surface area contributed by atoms with Gasteiger partial charge in [0, 0.05) is 31.7 Å². The number of fused-ring (bicyclic) bond motifs is 2. The monoisotopic (exact) mass is 365 g/mol. The summed E-state index contributed by atoms with van der Waals surface area (Å²) in [7, 11) is 1.68. The number of benzene rings is 2. The second-order valence-electron chi connectivity index (χ2n) is 6.85. The highest BCUT2D eigenvalue weighted by Crippen LogP contribution is 2.28. The van der Waals surface area contributed by atoms with E-state index in [1.807, 2.05) is 11.6 Å². The molecular formula is C21H23N3OS. The van der Waals surface area contributed by atoms with Gasteiger partial charge in [0.1, 0.15) is 0 Å². The first-order valence-corrected chi connectivity index (χ1v) is 9.95. The molecule has 5 heteroatoms. The van der Waals surface area contributed by atoms with Gasteiger partial charge in [-0.3, -0.25) is 9.69 Å². The number of amides is 1. The maximum Gasteiger partial charge on any atom is 0.251 e. The van der Waals surface area contributed by atoms with Gasteiger partial charge in [-0.05, 0) is 60.7 Å². The lowest BCUT2D eigenvalue weighted by Gasteiger charge is -2.28. The van der Waals surface area contributed by atoms with Gasteiger partial charge in [0.25, 0.3) is 5.91 Å². The predicted octanol–water partition coefficient (Wildman–Crippen LogP) is 3.82. The van der Waals surface area contributed by atoms with E-state index >= 15 is 0 Å². The lowest BCUT2D eigenvalue weighted by Crippen LogP contribution is -2.29. The topological polar surface area (TPSA) is 45.2 Å². The molecule has 1 aliphatic heterocycles. The molecule has 0 unspecified atom stereocenters. The van der Waals surface area contributed by atoms with Crippen LogP contribution in [0.25, 0.3) is 10.2 Å². The summed E-state index contributed by atoms with van der Waals surface area (Å²) >= 11 is 1.69. The van der Waals surface area contributed by atoms with Crippen molar-refractivity contribution in [1.82, 2.24) is 15.2 Å². The molecule has 1 aliphatic rings. The molecule has 2 aromatic carbocycles. The summed E-state index contributed by atoms with van der Waals surface area (Å²) in [6.45, 7) is 4.31. The molecule has 0 aliphatic carbocycles. The zero-order chi connectivity index (χ0) is 18.1. The number of nitrogens with zero attached hydrogens (tertiary/aromatic N) is 2. The smallest absolute Gasteiger partial charge is 0.251 e. The van der Waals surface area contributed by atoms with Crippen LogP contribution in [-0.4, -0.2) is 35.9 Å². The molecule has 0 fully saturated rings. The van der Waals surface area contributed by atoms with Crippen molar-refractivity contribution in [2.45, 2.75) is 25.8 Å². The number of carbonyl (C=O) groups excluding carboxylic acids is 1. The summed E-state index contributed by atoms with van der Waals surface area (Å²) in [5.74, 6) is -0.0150. The fourth-order valence-electron chi connectivity index (χ4n) is 3.76. The lowest BCUT2D eigenvalue weighted by molar-refractivity contribution is 0.0963. The molecule has 0 spiro atoms. The van der Waals surface area contributed by atoms with Crippen molar-refractivity contribution >= 4 is 27.5 Å². The third-order valence-corrected chi connectivity index (χ3v) is 6.23. The van der Waals surface area contributed by atoms with Crippen LogP contribution >= 0.6 is 11.3 Å². The first-order chi connectivity index (χ1) is 12.7. The third kappa shape index (κ3) is 3.24. The molecule has 1 amide bonds. The quantitative estimate of drug-likeness (QED) is 0.767. The Bertz CT molecular complexity index is 949. The van der Waals surface area contributed by atoms with Crippen LogP contribution < -0.4 is 5.32 Å². The minimum atomic E-state index is -0.0150. The summed E-state index contributed by atoms with van der Waals surface area (Å²) in [4.78, 5) is 18.9. The van der Waals surface area contributed by atoms with Crippen LogP contribution in [-0.2, 0) is 12.8 Å². The Kier molecular flexibility index (Phi) is 4.74. The van der Waals surface area contributed by atoms with Crippen molar-refractivity contribution in [2.75, 3.05) is 20.1 Å². The maximum absolute atomic E-state index is 11.9. The highest BCUT2D eigenvalue weighted by Gasteiger charge is 2.21. The molecule has 0 bridgehead atoms. The normalized spacial score (nSPS) is 16.1. The summed E-state index contributed by atoms with van der Waals surface area (Å²) in [5.41, 5.74) is 7.74. The first-order valence-electron chi connectivity index (χ1n) is 9.07. The Morgan fingerprint density at radius 2 is 1.96 bits per heavy atom. The summed E-state index contributed by atoms with van der Waals surface area (Å²) in [6.07, 6.45) is 2.00. The van der Waals surface area contributed by atoms with Gasteiger partial charge in [0.15, 0.2) is 0 Å². The summed E-state index contributed by atoms with van der Waals surface area (Å²) in [5, 5.41) is 2.71. The molecule has 4 nitrogen and oxygen atoms in total. The number of rotatable bonds is 3. The van der Waals surface area contributed by atoms with E-state index in [1.165, 1.54) is 21.4 Å². The molecule has 1 aromatic heterocycles. The molecule has 3 aromatic rings. The number of nitrogens with one attached hydrogen (secondary N) is 1. The number of hydrogen-bond donors (Lipinski definition) is 1. The van der Waals surface area contributed by atoms with E-state index in [4.69, 9.17) is 0 Å². The predicted molar refractivity (Wildman–Crippen MR) is 107 cm³/mol. The minimum Gasteiger partial charge on any atom is -0.355 e. The average molecular weight is 366 g/mol. The van der Waals surface area contributed by atoms with E-state index in [-0.39, 0.29) is 5.91 Å². The van der Waals surface area contributed by atoms with Crippen LogP contribution in [0.3, 0.4) is 0 Å². The molecule has 2 heterocycles. The molecule has 134 valence electrons. The Labute approximate surface area is 157 Å². The third-order valence-electron chi connectivity index (χ3n) is 5.42. The summed E-state index contributed by atoms with van der Waals surface area (Å²) in [6, 6.07) is 13.1. The van der Waals surface area contributed by atoms with Crippen molar-refractivity contribution in [2.24, 2.45) is 0 Å². The zero-order valence-electron chi connectivity index (χ0n) is 15.2. The Morgan fingerprint density at radius 3 is 2.77 bits per heavy atom. The van der Waals surface area contributed by atoms with E-state index in [1.54, 1.807) is 18.4 Å². The molecule has 0 saturated heterocycles. The minimum absolute atomic E-state index is 0.0150. The average Bonchev–Trinajstić information content (AvgIpc) is 3.04. The Morgan fingerprint density at radius 1 is 1.15 bits per heavy atom. The van der Waals surface area contributed by atoms with Crippen LogP contribution in [0.2, 0.25) is 0 Å². The van der Waals surface area contributed by atoms with Crippen LogP contribution in [0.1, 0.15) is 40.0 Å². The standard InChI is InChI=1S/C21H23N3OS/c1-14(16-5-6-20-19(12-16)23-13-26-20)24-9-7-15-3-4-18(21(25)22-2)11-17(15)8-10-24/h3-6,11-14H,7-10H2,1-2H3,(H,22,25)/t14-/m1/s1. The van der Waals surface area contributed by atoms with E-state index < -0.39 is 0 Å². The van der Waals surface area contributed by atoms with Gasteiger partial charge in [0.2, 0.25) is 0 Å². The van der Waals surface area contributed by atoms with Crippen LogP contribution in [0.4, 0.5) is 0 Å². The second-order valence-corrected chi connectivity index (χ2v) is 7.74. The van der Waals surface area contributed by atoms with E-state index in [2.05, 4.69) is 52.5 Å². The van der Waals surface area contributed by atoms with Crippen LogP contribution in [0, 0.1) is 0 Å². The van der Waals surface area contributed by atoms with Gasteiger partial charge in [-0.25, -0.2) is 4.98 Å². The molecule has 1 atom stereocenters. The molecule has 1 N–H and O–H groups in total. The van der Waals surface area contributed by atoms with Crippen molar-refractivity contribution in [1.29, 1.82) is 0 Å². The molecular weight excluding hydrogens is 342 g/mol. The van der Waals surface area contributed by atoms with Gasteiger partial charge < -0.3 is 5.32 Å². The lowest BCUT2D eigenvalue weighted by atomic mass is 10.00. The Balaban J connectivity index is 1.53. The summed E-state index contributed by atoms with van der Waals surface area (Å²) < 4.78 is 1.24. The van der Waals surface area contributed by atoms with Crippen molar-refractivity contribution < 1.29 is 4.79 Å². The number of hydrogen-bond acceptors (Lipinski definition) is 4. The van der Waals surface area contributed by atoms with Gasteiger partial charge in [0.05, 0.1) is 15.7 Å². The Hall–Kier alpha value is -2.24. The van der Waals surface area contributed by atoms with Gasteiger partial charge >= 0.3 is 0 Å². The van der Waals surface area contributed by atoms with Crippen molar-refractivity contribution in [3.8, 4) is 0 Å². The molecule has 0 radical (unpaired) electrons. The maximum atomic E-state index is 11.9. The number of carbonyl (C=O) groups is 1. The number of aromatic nitrogens is 1. The molecule has 26 heavy (non-hydrogen) atoms. The van der Waals surface area contributed by atoms with E-state index in [0.717, 1.165) is 37.0 Å². The highest BCUT2D eigenvalue weighted by molar-refractivity contribution is 7.16. The number of thiazole rings is 1. The van der Waals surface area contributed by atoms with Crippen LogP contribution in [0.15, 0.2) is 41.9 Å². The van der Waals surface area contributed by atoms with E-state index in [9.17, 15) is 4.79 Å². The van der Waals surface area contributed by atoms with Crippen molar-refractivity contribution in [3.63, 3.8) is 0 Å². The van der Waals surface area contributed by atoms with Gasteiger partial charge in [-0.1, -0.05) is 12.1 Å². The fraction of sp³-hybridized carbons (Fsp3) is 0.333. The van der Waals surface area contributed by atoms with Crippen LogP contribution in [0.5, 0.6) is 0 Å². The van der Waals surface area contributed by atoms with E-state index in [0.29, 0.717) is 6.04 Å². The van der Waals surface area contributed by atoms with Gasteiger partial charge in [-0.15, -0.1) is 11.3 Å². The zero-order valence-corrected chi connectivity index (χ0v) is 16.0. The highest BCUT2D eigenvalue weighted by atomic mass is 32.1. The largest absolute Gasteiger partial charge is 0.355 e.